The molecule has 3 nitrogen and oxygen atoms in total. The molecule has 0 saturated heterocycles. The molecule has 0 bridgehead atoms. The van der Waals surface area contributed by atoms with Crippen LogP contribution >= 0.6 is 15.9 Å². The van der Waals surface area contributed by atoms with Crippen molar-refractivity contribution in [3.05, 3.63) is 58.3 Å². The van der Waals surface area contributed by atoms with E-state index in [1.165, 1.54) is 0 Å². The molecule has 0 aliphatic rings. The van der Waals surface area contributed by atoms with Gasteiger partial charge in [0, 0.05) is 16.2 Å². The van der Waals surface area contributed by atoms with Gasteiger partial charge in [0.2, 0.25) is 0 Å². The molecular formula is C17H21BrN2O. The first kappa shape index (κ1) is 16.0. The van der Waals surface area contributed by atoms with Crippen LogP contribution in [0.1, 0.15) is 37.6 Å². The summed E-state index contributed by atoms with van der Waals surface area (Å²) in [5.74, 6) is 0.919. The van der Waals surface area contributed by atoms with E-state index in [0.717, 1.165) is 41.1 Å². The highest BCUT2D eigenvalue weighted by Crippen LogP contribution is 2.32. The number of aromatic nitrogens is 1. The number of halogens is 1. The number of hydrogen-bond acceptors (Lipinski definition) is 3. The van der Waals surface area contributed by atoms with Crippen molar-refractivity contribution in [3.63, 3.8) is 0 Å². The second-order valence-electron chi connectivity index (χ2n) is 4.75. The predicted molar refractivity (Wildman–Crippen MR) is 89.7 cm³/mol. The zero-order valence-corrected chi connectivity index (χ0v) is 14.1. The molecule has 0 saturated carbocycles. The molecule has 112 valence electrons. The van der Waals surface area contributed by atoms with Gasteiger partial charge in [0.15, 0.2) is 0 Å². The number of para-hydroxylation sites is 1. The summed E-state index contributed by atoms with van der Waals surface area (Å²) in [7, 11) is 0. The number of pyridine rings is 1. The van der Waals surface area contributed by atoms with E-state index in [4.69, 9.17) is 4.74 Å². The van der Waals surface area contributed by atoms with Gasteiger partial charge in [0.1, 0.15) is 5.75 Å². The van der Waals surface area contributed by atoms with Crippen LogP contribution in [-0.4, -0.2) is 18.1 Å². The maximum Gasteiger partial charge on any atom is 0.124 e. The van der Waals surface area contributed by atoms with Crippen LogP contribution in [0.2, 0.25) is 0 Å². The van der Waals surface area contributed by atoms with Gasteiger partial charge in [-0.2, -0.15) is 0 Å². The van der Waals surface area contributed by atoms with Crippen LogP contribution in [0.3, 0.4) is 0 Å². The molecule has 1 unspecified atom stereocenters. The first-order valence-electron chi connectivity index (χ1n) is 7.33. The van der Waals surface area contributed by atoms with Gasteiger partial charge < -0.3 is 10.1 Å². The van der Waals surface area contributed by atoms with Crippen molar-refractivity contribution in [2.24, 2.45) is 0 Å². The SMILES string of the molecule is CCCOc1ccccc1C(NCC)c1ncccc1Br. The minimum atomic E-state index is 0.0126. The van der Waals surface area contributed by atoms with Crippen molar-refractivity contribution in [2.75, 3.05) is 13.2 Å². The van der Waals surface area contributed by atoms with Crippen molar-refractivity contribution in [1.82, 2.24) is 10.3 Å². The summed E-state index contributed by atoms with van der Waals surface area (Å²) in [6.45, 7) is 5.79. The number of hydrogen-bond donors (Lipinski definition) is 1. The minimum Gasteiger partial charge on any atom is -0.493 e. The van der Waals surface area contributed by atoms with E-state index in [1.54, 1.807) is 0 Å². The zero-order valence-electron chi connectivity index (χ0n) is 12.5. The zero-order chi connectivity index (χ0) is 15.1. The van der Waals surface area contributed by atoms with Gasteiger partial charge in [0.25, 0.3) is 0 Å². The molecule has 0 amide bonds. The number of nitrogens with one attached hydrogen (secondary N) is 1. The lowest BCUT2D eigenvalue weighted by Gasteiger charge is -2.22. The van der Waals surface area contributed by atoms with Crippen molar-refractivity contribution in [3.8, 4) is 5.75 Å². The molecule has 1 N–H and O–H groups in total. The van der Waals surface area contributed by atoms with Crippen LogP contribution in [0.4, 0.5) is 0 Å². The van der Waals surface area contributed by atoms with E-state index < -0.39 is 0 Å². The molecule has 2 aromatic rings. The smallest absolute Gasteiger partial charge is 0.124 e. The van der Waals surface area contributed by atoms with Crippen LogP contribution in [0, 0.1) is 0 Å². The van der Waals surface area contributed by atoms with Crippen molar-refractivity contribution >= 4 is 15.9 Å². The Bertz CT molecular complexity index is 574. The van der Waals surface area contributed by atoms with Gasteiger partial charge in [0.05, 0.1) is 18.3 Å². The third kappa shape index (κ3) is 4.05. The summed E-state index contributed by atoms with van der Waals surface area (Å²) in [5, 5.41) is 3.50. The highest BCUT2D eigenvalue weighted by molar-refractivity contribution is 9.10. The standard InChI is InChI=1S/C17H21BrN2O/c1-3-12-21-15-10-6-5-8-13(15)16(19-4-2)17-14(18)9-7-11-20-17/h5-11,16,19H,3-4,12H2,1-2H3. The Balaban J connectivity index is 2.41. The van der Waals surface area contributed by atoms with E-state index in [-0.39, 0.29) is 6.04 Å². The number of benzene rings is 1. The van der Waals surface area contributed by atoms with E-state index in [1.807, 2.05) is 36.5 Å². The fourth-order valence-corrected chi connectivity index (χ4v) is 2.71. The number of rotatable bonds is 7. The largest absolute Gasteiger partial charge is 0.493 e. The van der Waals surface area contributed by atoms with Crippen molar-refractivity contribution in [1.29, 1.82) is 0 Å². The molecule has 1 aromatic heterocycles. The predicted octanol–water partition coefficient (Wildman–Crippen LogP) is 4.33. The number of ether oxygens (including phenoxy) is 1. The van der Waals surface area contributed by atoms with Gasteiger partial charge in [-0.3, -0.25) is 4.98 Å². The Morgan fingerprint density at radius 2 is 2.00 bits per heavy atom. The van der Waals surface area contributed by atoms with E-state index in [2.05, 4.69) is 46.1 Å². The lowest BCUT2D eigenvalue weighted by Crippen LogP contribution is -2.24. The van der Waals surface area contributed by atoms with Crippen LogP contribution < -0.4 is 10.1 Å². The Hall–Kier alpha value is -1.39. The molecular weight excluding hydrogens is 328 g/mol. The lowest BCUT2D eigenvalue weighted by molar-refractivity contribution is 0.311. The maximum atomic E-state index is 5.89. The van der Waals surface area contributed by atoms with Crippen molar-refractivity contribution < 1.29 is 4.74 Å². The molecule has 1 aromatic carbocycles. The van der Waals surface area contributed by atoms with Crippen molar-refractivity contribution in [2.45, 2.75) is 26.3 Å². The molecule has 21 heavy (non-hydrogen) atoms. The Morgan fingerprint density at radius 1 is 1.19 bits per heavy atom. The fourth-order valence-electron chi connectivity index (χ4n) is 2.23. The fraction of sp³-hybridized carbons (Fsp3) is 0.353. The average molecular weight is 349 g/mol. The van der Waals surface area contributed by atoms with Gasteiger partial charge in [-0.05, 0) is 47.1 Å². The third-order valence-corrected chi connectivity index (χ3v) is 3.83. The molecule has 2 rings (SSSR count). The summed E-state index contributed by atoms with van der Waals surface area (Å²) in [6, 6.07) is 12.1. The highest BCUT2D eigenvalue weighted by Gasteiger charge is 2.20. The van der Waals surface area contributed by atoms with E-state index >= 15 is 0 Å². The molecule has 0 spiro atoms. The minimum absolute atomic E-state index is 0.0126. The average Bonchev–Trinajstić information content (AvgIpc) is 2.52. The van der Waals surface area contributed by atoms with Gasteiger partial charge in [-0.1, -0.05) is 32.0 Å². The quantitative estimate of drug-likeness (QED) is 0.808. The third-order valence-electron chi connectivity index (χ3n) is 3.16. The summed E-state index contributed by atoms with van der Waals surface area (Å²) < 4.78 is 6.89. The van der Waals surface area contributed by atoms with E-state index in [9.17, 15) is 0 Å². The molecule has 0 aliphatic carbocycles. The molecule has 1 atom stereocenters. The molecule has 0 aliphatic heterocycles. The second kappa shape index (κ2) is 8.15. The van der Waals surface area contributed by atoms with Crippen LogP contribution in [0.5, 0.6) is 5.75 Å². The van der Waals surface area contributed by atoms with Crippen LogP contribution in [0.15, 0.2) is 47.1 Å². The first-order chi connectivity index (χ1) is 10.3. The second-order valence-corrected chi connectivity index (χ2v) is 5.60. The summed E-state index contributed by atoms with van der Waals surface area (Å²) in [5.41, 5.74) is 2.10. The monoisotopic (exact) mass is 348 g/mol. The Morgan fingerprint density at radius 3 is 2.71 bits per heavy atom. The molecule has 4 heteroatoms. The van der Waals surface area contributed by atoms with Gasteiger partial charge in [-0.15, -0.1) is 0 Å². The van der Waals surface area contributed by atoms with Crippen LogP contribution in [0.25, 0.3) is 0 Å². The summed E-state index contributed by atoms with van der Waals surface area (Å²) in [4.78, 5) is 4.53. The molecule has 0 fully saturated rings. The highest BCUT2D eigenvalue weighted by atomic mass is 79.9. The van der Waals surface area contributed by atoms with Crippen LogP contribution in [-0.2, 0) is 0 Å². The number of nitrogens with zero attached hydrogens (tertiary/aromatic N) is 1. The van der Waals surface area contributed by atoms with E-state index in [0.29, 0.717) is 0 Å². The van der Waals surface area contributed by atoms with Gasteiger partial charge in [-0.25, -0.2) is 0 Å². The lowest BCUT2D eigenvalue weighted by atomic mass is 10.0. The Kier molecular flexibility index (Phi) is 6.21. The topological polar surface area (TPSA) is 34.1 Å². The summed E-state index contributed by atoms with van der Waals surface area (Å²) in [6.07, 6.45) is 2.81. The normalized spacial score (nSPS) is 12.1. The maximum absolute atomic E-state index is 5.89. The first-order valence-corrected chi connectivity index (χ1v) is 8.12. The molecule has 0 radical (unpaired) electrons. The summed E-state index contributed by atoms with van der Waals surface area (Å²) >= 11 is 3.60. The molecule has 1 heterocycles. The Labute approximate surface area is 134 Å². The van der Waals surface area contributed by atoms with Gasteiger partial charge >= 0.3 is 0 Å².